The van der Waals surface area contributed by atoms with Gasteiger partial charge in [-0.3, -0.25) is 0 Å². The molecule has 2 aliphatic carbocycles. The molecule has 86 heavy (non-hydrogen) atoms. The predicted octanol–water partition coefficient (Wildman–Crippen LogP) is 19.7. The Morgan fingerprint density at radius 2 is 0.674 bits per heavy atom. The Balaban J connectivity index is 1.20. The molecular weight excluding hydrogens is 1260 g/mol. The average molecular weight is 1300 g/mol. The van der Waals surface area contributed by atoms with E-state index in [9.17, 15) is 17.0 Å². The maximum absolute atomic E-state index is 15.1. The topological polar surface area (TPSA) is 0 Å². The molecule has 10 aromatic rings. The number of halogens is 14. The molecule has 2 atom stereocenters. The zero-order chi connectivity index (χ0) is 60.3. The fourth-order valence-electron chi connectivity index (χ4n) is 13.4. The molecule has 429 valence electrons. The molecule has 0 saturated carbocycles. The van der Waals surface area contributed by atoms with Crippen molar-refractivity contribution in [2.75, 3.05) is 0 Å². The van der Waals surface area contributed by atoms with Crippen LogP contribution in [0.1, 0.15) is 62.9 Å². The summed E-state index contributed by atoms with van der Waals surface area (Å²) < 4.78 is 179. The van der Waals surface area contributed by atoms with E-state index in [1.165, 1.54) is 0 Å². The molecule has 0 nitrogen and oxygen atoms in total. The van der Waals surface area contributed by atoms with Crippen LogP contribution in [0.5, 0.6) is 0 Å². The number of benzene rings is 10. The molecule has 0 fully saturated rings. The third-order valence-corrected chi connectivity index (χ3v) is 39.5. The third kappa shape index (κ3) is 9.75. The summed E-state index contributed by atoms with van der Waals surface area (Å²) in [5.41, 5.74) is 0.00128. The molecule has 13 rings (SSSR count). The van der Waals surface area contributed by atoms with Gasteiger partial charge in [0, 0.05) is 0 Å². The Hall–Kier alpha value is -7.48. The standard InChI is InChI=1S/2C29H17F6.C12H9Si.2ClH.Zr/c2*30-28(31,32)23-14-22(15-24(17-23)29(33,34)35)27-25(19-9-5-2-6-10-19)12-11-20-13-21(16-26(20)27)18-7-3-1-4-8-18;1-3-7-11-9(5-1)10-6-2-4-8-12(10)13-11;;;/h2*1-17H;1-7H,13H2;2*1H;/q;;;;;+2/p-2. The summed E-state index contributed by atoms with van der Waals surface area (Å²) in [6.07, 6.45) is -17.3. The van der Waals surface area contributed by atoms with Crippen molar-refractivity contribution >= 4 is 63.5 Å². The molecule has 0 spiro atoms. The average Bonchev–Trinajstić information content (AvgIpc) is 1.41. The van der Waals surface area contributed by atoms with Crippen LogP contribution in [0.25, 0.3) is 78.9 Å². The summed E-state index contributed by atoms with van der Waals surface area (Å²) in [6.45, 7) is 0. The number of alkyl halides is 12. The second-order valence-electron chi connectivity index (χ2n) is 21.9. The zero-order valence-electron chi connectivity index (χ0n) is 44.7. The van der Waals surface area contributed by atoms with Crippen LogP contribution in [0.15, 0.2) is 224 Å². The van der Waals surface area contributed by atoms with Crippen molar-refractivity contribution in [3.8, 4) is 55.6 Å². The van der Waals surface area contributed by atoms with Crippen LogP contribution < -0.4 is 13.6 Å². The van der Waals surface area contributed by atoms with Gasteiger partial charge in [0.05, 0.1) is 0 Å². The number of allylic oxidation sites excluding steroid dienone is 2. The fraction of sp³-hybridized carbons (Fsp3) is 0.0857. The zero-order valence-corrected chi connectivity index (χ0v) is 50.1. The Bertz CT molecular complexity index is 4120. The van der Waals surface area contributed by atoms with Gasteiger partial charge >= 0.3 is 500 Å². The molecule has 1 aliphatic heterocycles. The SMILES string of the molecule is FC(F)(F)c1cc(-c2c(-c3ccccc3)ccc3c2C=C(c2ccccc2)[CH]3[Zr]([Cl])([Cl])([c]2cccc3c2[SiH2]c2ccccc2-3)[CH]2C(c3ccccc3)=Cc3c2ccc(-c2ccccc2)c3-c2cc(C(F)(F)F)cc(C(F)(F)F)c2)cc(C(F)(F)F)c1. The van der Waals surface area contributed by atoms with E-state index in [0.717, 1.165) is 21.5 Å². The van der Waals surface area contributed by atoms with E-state index in [0.29, 0.717) is 83.2 Å². The first-order valence-corrected chi connectivity index (χ1v) is 39.1. The second-order valence-corrected chi connectivity index (χ2v) is 44.3. The molecule has 0 radical (unpaired) electrons. The molecule has 16 heteroatoms. The van der Waals surface area contributed by atoms with E-state index < -0.39 is 80.1 Å². The van der Waals surface area contributed by atoms with Crippen LogP contribution in [0, 0.1) is 0 Å². The molecule has 3 aliphatic rings. The number of rotatable bonds is 9. The van der Waals surface area contributed by atoms with Crippen LogP contribution in [0.2, 0.25) is 0 Å². The predicted molar refractivity (Wildman–Crippen MR) is 320 cm³/mol. The van der Waals surface area contributed by atoms with Gasteiger partial charge < -0.3 is 0 Å². The summed E-state index contributed by atoms with van der Waals surface area (Å²) in [5.74, 6) is 0. The maximum atomic E-state index is 15.1. The van der Waals surface area contributed by atoms with Crippen molar-refractivity contribution in [2.24, 2.45) is 0 Å². The first-order valence-electron chi connectivity index (χ1n) is 27.2. The minimum atomic E-state index is -7.06. The normalized spacial score (nSPS) is 16.4. The first kappa shape index (κ1) is 57.6. The van der Waals surface area contributed by atoms with Crippen molar-refractivity contribution in [1.29, 1.82) is 0 Å². The van der Waals surface area contributed by atoms with Gasteiger partial charge in [-0.05, 0) is 0 Å². The summed E-state index contributed by atoms with van der Waals surface area (Å²) in [6, 6.07) is 58.7. The van der Waals surface area contributed by atoms with Crippen molar-refractivity contribution in [1.82, 2.24) is 0 Å². The summed E-state index contributed by atoms with van der Waals surface area (Å²) >= 11 is -7.06. The van der Waals surface area contributed by atoms with Crippen LogP contribution in [-0.4, -0.2) is 9.52 Å². The van der Waals surface area contributed by atoms with E-state index in [2.05, 4.69) is 0 Å². The van der Waals surface area contributed by atoms with Crippen LogP contribution >= 0.6 is 17.0 Å². The molecule has 0 amide bonds. The minimum absolute atomic E-state index is 0.0391. The van der Waals surface area contributed by atoms with Gasteiger partial charge in [-0.25, -0.2) is 0 Å². The Labute approximate surface area is 496 Å². The van der Waals surface area contributed by atoms with Crippen LogP contribution in [0.3, 0.4) is 0 Å². The number of hydrogen-bond acceptors (Lipinski definition) is 0. The van der Waals surface area contributed by atoms with E-state index in [1.807, 2.05) is 66.7 Å². The Morgan fingerprint density at radius 1 is 0.326 bits per heavy atom. The van der Waals surface area contributed by atoms with E-state index >= 15 is 52.7 Å². The summed E-state index contributed by atoms with van der Waals surface area (Å²) in [5, 5.41) is 1.98. The third-order valence-electron chi connectivity index (χ3n) is 17.0. The molecule has 2 unspecified atom stereocenters. The van der Waals surface area contributed by atoms with Crippen molar-refractivity contribution in [2.45, 2.75) is 32.0 Å². The van der Waals surface area contributed by atoms with Gasteiger partial charge in [0.15, 0.2) is 0 Å². The van der Waals surface area contributed by atoms with Crippen LogP contribution in [-0.2, 0) is 41.1 Å². The monoisotopic (exact) mass is 1300 g/mol. The molecule has 10 aromatic carbocycles. The molecular formula is C70H43Cl2F12SiZr. The van der Waals surface area contributed by atoms with Crippen molar-refractivity contribution in [3.63, 3.8) is 0 Å². The molecule has 0 aromatic heterocycles. The van der Waals surface area contributed by atoms with E-state index in [-0.39, 0.29) is 45.5 Å². The van der Waals surface area contributed by atoms with Gasteiger partial charge in [0.2, 0.25) is 0 Å². The number of hydrogen-bond donors (Lipinski definition) is 0. The van der Waals surface area contributed by atoms with Gasteiger partial charge in [-0.2, -0.15) is 0 Å². The van der Waals surface area contributed by atoms with Crippen molar-refractivity contribution in [3.05, 3.63) is 280 Å². The summed E-state index contributed by atoms with van der Waals surface area (Å²) in [7, 11) is 17.4. The number of fused-ring (bicyclic) bond motifs is 5. The Morgan fingerprint density at radius 3 is 1.06 bits per heavy atom. The van der Waals surface area contributed by atoms with Gasteiger partial charge in [0.1, 0.15) is 0 Å². The second kappa shape index (κ2) is 20.9. The van der Waals surface area contributed by atoms with Crippen molar-refractivity contribution < 1.29 is 69.1 Å². The quantitative estimate of drug-likeness (QED) is 0.0998. The van der Waals surface area contributed by atoms with Gasteiger partial charge in [-0.1, -0.05) is 0 Å². The fourth-order valence-corrected chi connectivity index (χ4v) is 40.4. The molecule has 0 saturated heterocycles. The van der Waals surface area contributed by atoms with E-state index in [4.69, 9.17) is 0 Å². The van der Waals surface area contributed by atoms with Crippen LogP contribution in [0.4, 0.5) is 52.7 Å². The molecule has 0 N–H and O–H groups in total. The first-order chi connectivity index (χ1) is 40.9. The summed E-state index contributed by atoms with van der Waals surface area (Å²) in [4.78, 5) is 0. The van der Waals surface area contributed by atoms with E-state index in [1.54, 1.807) is 133 Å². The molecule has 1 heterocycles. The molecule has 0 bridgehead atoms. The Kier molecular flexibility index (Phi) is 14.0. The van der Waals surface area contributed by atoms with Gasteiger partial charge in [0.25, 0.3) is 0 Å². The van der Waals surface area contributed by atoms with Gasteiger partial charge in [-0.15, -0.1) is 0 Å².